The van der Waals surface area contributed by atoms with Crippen LogP contribution in [0.1, 0.15) is 173 Å². The molecule has 2 aromatic carbocycles. The highest BCUT2D eigenvalue weighted by atomic mass is 15.4. The highest BCUT2D eigenvalue weighted by molar-refractivity contribution is 5.30. The predicted octanol–water partition coefficient (Wildman–Crippen LogP) is 13.0. The molecule has 2 nitrogen and oxygen atoms in total. The van der Waals surface area contributed by atoms with Gasteiger partial charge in [-0.2, -0.15) is 0 Å². The Balaban J connectivity index is 1.66. The Morgan fingerprint density at radius 3 is 1.24 bits per heavy atom. The summed E-state index contributed by atoms with van der Waals surface area (Å²) < 4.78 is 0. The van der Waals surface area contributed by atoms with E-state index in [1.165, 1.54) is 140 Å². The van der Waals surface area contributed by atoms with Crippen molar-refractivity contribution in [3.8, 4) is 0 Å². The number of benzene rings is 2. The van der Waals surface area contributed by atoms with Crippen LogP contribution in [0, 0.1) is 0 Å². The van der Waals surface area contributed by atoms with Crippen molar-refractivity contribution in [1.82, 2.24) is 9.80 Å². The molecule has 2 unspecified atom stereocenters. The topological polar surface area (TPSA) is 6.48 Å². The molecule has 1 heterocycles. The molecule has 2 atom stereocenters. The zero-order chi connectivity index (χ0) is 31.8. The maximum absolute atomic E-state index is 2.78. The van der Waals surface area contributed by atoms with Crippen molar-refractivity contribution in [2.45, 2.75) is 174 Å². The molecule has 0 amide bonds. The van der Waals surface area contributed by atoms with Crippen LogP contribution in [0.15, 0.2) is 73.1 Å². The Labute approximate surface area is 280 Å². The van der Waals surface area contributed by atoms with E-state index in [1.54, 1.807) is 0 Å². The predicted molar refractivity (Wildman–Crippen MR) is 199 cm³/mol. The number of nitrogens with zero attached hydrogens (tertiary/aromatic N) is 2. The summed E-state index contributed by atoms with van der Waals surface area (Å²) in [6, 6.07) is 22.8. The number of unbranched alkanes of at least 4 members (excludes halogenated alkanes) is 18. The van der Waals surface area contributed by atoms with Gasteiger partial charge in [0.25, 0.3) is 0 Å². The second-order valence-electron chi connectivity index (χ2n) is 14.0. The Bertz CT molecular complexity index is 985. The molecule has 45 heavy (non-hydrogen) atoms. The van der Waals surface area contributed by atoms with E-state index in [0.29, 0.717) is 5.92 Å². The average molecular weight is 615 g/mol. The second kappa shape index (κ2) is 23.2. The fourth-order valence-electron chi connectivity index (χ4n) is 7.80. The smallest absolute Gasteiger partial charge is 0.123 e. The van der Waals surface area contributed by atoms with E-state index in [9.17, 15) is 0 Å². The molecule has 0 saturated heterocycles. The minimum absolute atomic E-state index is 0.0594. The van der Waals surface area contributed by atoms with Crippen molar-refractivity contribution in [1.29, 1.82) is 0 Å². The van der Waals surface area contributed by atoms with Crippen LogP contribution in [-0.2, 0) is 6.42 Å². The largest absolute Gasteiger partial charge is 0.353 e. The Kier molecular flexibility index (Phi) is 19.2. The van der Waals surface area contributed by atoms with Crippen molar-refractivity contribution < 1.29 is 0 Å². The molecule has 1 aliphatic heterocycles. The molecule has 0 N–H and O–H groups in total. The molecule has 0 radical (unpaired) electrons. The molecule has 0 aliphatic carbocycles. The minimum Gasteiger partial charge on any atom is -0.353 e. The van der Waals surface area contributed by atoms with Gasteiger partial charge in [-0.3, -0.25) is 0 Å². The third-order valence-corrected chi connectivity index (χ3v) is 10.4. The van der Waals surface area contributed by atoms with E-state index in [2.05, 4.69) is 104 Å². The lowest BCUT2D eigenvalue weighted by molar-refractivity contribution is -0.00378. The maximum Gasteiger partial charge on any atom is 0.123 e. The molecule has 252 valence electrons. The molecule has 0 fully saturated rings. The van der Waals surface area contributed by atoms with Gasteiger partial charge in [-0.1, -0.05) is 197 Å². The van der Waals surface area contributed by atoms with Crippen LogP contribution in [0.3, 0.4) is 0 Å². The Morgan fingerprint density at radius 2 is 0.844 bits per heavy atom. The monoisotopic (exact) mass is 615 g/mol. The van der Waals surface area contributed by atoms with E-state index in [1.807, 2.05) is 0 Å². The van der Waals surface area contributed by atoms with E-state index in [-0.39, 0.29) is 5.66 Å². The fourth-order valence-corrected chi connectivity index (χ4v) is 7.80. The van der Waals surface area contributed by atoms with Crippen LogP contribution in [0.5, 0.6) is 0 Å². The lowest BCUT2D eigenvalue weighted by Crippen LogP contribution is -2.59. The number of hydrogen-bond acceptors (Lipinski definition) is 2. The van der Waals surface area contributed by atoms with Gasteiger partial charge in [0.15, 0.2) is 0 Å². The van der Waals surface area contributed by atoms with Gasteiger partial charge in [-0.25, -0.2) is 0 Å². The van der Waals surface area contributed by atoms with E-state index in [4.69, 9.17) is 0 Å². The van der Waals surface area contributed by atoms with E-state index in [0.717, 1.165) is 25.9 Å². The molecule has 0 spiro atoms. The summed E-state index contributed by atoms with van der Waals surface area (Å²) >= 11 is 0. The first-order valence-corrected chi connectivity index (χ1v) is 19.6. The molecule has 3 rings (SSSR count). The molecule has 2 aromatic rings. The molecule has 0 saturated carbocycles. The van der Waals surface area contributed by atoms with Gasteiger partial charge < -0.3 is 9.80 Å². The molecule has 0 bridgehead atoms. The number of rotatable bonds is 27. The van der Waals surface area contributed by atoms with Crippen LogP contribution in [0.25, 0.3) is 0 Å². The Hall–Kier alpha value is -2.22. The summed E-state index contributed by atoms with van der Waals surface area (Å²) in [5, 5.41) is 0. The molecular formula is C43H70N2. The van der Waals surface area contributed by atoms with Gasteiger partial charge in [-0.15, -0.1) is 0 Å². The molecular weight excluding hydrogens is 544 g/mol. The lowest BCUT2D eigenvalue weighted by atomic mass is 9.78. The molecule has 0 aromatic heterocycles. The Morgan fingerprint density at radius 1 is 0.467 bits per heavy atom. The summed E-state index contributed by atoms with van der Waals surface area (Å²) in [6.45, 7) is 9.34. The van der Waals surface area contributed by atoms with Crippen molar-refractivity contribution in [2.75, 3.05) is 13.1 Å². The molecule has 1 aliphatic rings. The quantitative estimate of drug-likeness (QED) is 0.0924. The first-order valence-electron chi connectivity index (χ1n) is 19.6. The highest BCUT2D eigenvalue weighted by Crippen LogP contribution is 2.45. The van der Waals surface area contributed by atoms with Crippen LogP contribution in [-0.4, -0.2) is 28.6 Å². The summed E-state index contributed by atoms with van der Waals surface area (Å²) in [5.74, 6) is 0.445. The van der Waals surface area contributed by atoms with Crippen LogP contribution in [0.2, 0.25) is 0 Å². The van der Waals surface area contributed by atoms with Crippen molar-refractivity contribution >= 4 is 0 Å². The number of hydrogen-bond donors (Lipinski definition) is 0. The minimum atomic E-state index is -0.0594. The third-order valence-electron chi connectivity index (χ3n) is 10.4. The maximum atomic E-state index is 2.78. The van der Waals surface area contributed by atoms with Gasteiger partial charge in [0.05, 0.1) is 0 Å². The van der Waals surface area contributed by atoms with Gasteiger partial charge in [-0.05, 0) is 30.4 Å². The van der Waals surface area contributed by atoms with Crippen LogP contribution in [0.4, 0.5) is 0 Å². The highest BCUT2D eigenvalue weighted by Gasteiger charge is 2.49. The zero-order valence-electron chi connectivity index (χ0n) is 29.9. The summed E-state index contributed by atoms with van der Waals surface area (Å²) in [5.41, 5.74) is 2.88. The average Bonchev–Trinajstić information content (AvgIpc) is 3.40. The van der Waals surface area contributed by atoms with Gasteiger partial charge in [0.2, 0.25) is 0 Å². The van der Waals surface area contributed by atoms with Crippen LogP contribution < -0.4 is 0 Å². The van der Waals surface area contributed by atoms with Crippen molar-refractivity contribution in [2.24, 2.45) is 0 Å². The second-order valence-corrected chi connectivity index (χ2v) is 14.0. The fraction of sp³-hybridized carbons (Fsp3) is 0.674. The van der Waals surface area contributed by atoms with E-state index >= 15 is 0 Å². The van der Waals surface area contributed by atoms with Crippen molar-refractivity contribution in [3.05, 3.63) is 84.2 Å². The van der Waals surface area contributed by atoms with Crippen molar-refractivity contribution in [3.63, 3.8) is 0 Å². The zero-order valence-corrected chi connectivity index (χ0v) is 29.9. The first kappa shape index (κ1) is 37.2. The molecule has 2 heteroatoms. The lowest BCUT2D eigenvalue weighted by Gasteiger charge is -2.51. The van der Waals surface area contributed by atoms with Gasteiger partial charge >= 0.3 is 0 Å². The van der Waals surface area contributed by atoms with Gasteiger partial charge in [0, 0.05) is 37.8 Å². The third kappa shape index (κ3) is 12.8. The summed E-state index contributed by atoms with van der Waals surface area (Å²) in [6.07, 6.45) is 34.9. The summed E-state index contributed by atoms with van der Waals surface area (Å²) in [4.78, 5) is 5.56. The van der Waals surface area contributed by atoms with Gasteiger partial charge in [0.1, 0.15) is 5.66 Å². The standard InChI is InChI=1S/C43H70N2/c1-4-7-9-11-13-15-16-18-20-22-30-36-45-38-37-44(35-29-21-19-17-14-12-10-8-5-2)43(45,39-40-31-25-23-26-32-40)42(6-3)41-33-27-24-28-34-41/h23-28,31-34,37-38,42H,4-22,29-30,35-36,39H2,1-3H3. The summed E-state index contributed by atoms with van der Waals surface area (Å²) in [7, 11) is 0. The normalized spacial score (nSPS) is 17.0. The van der Waals surface area contributed by atoms with E-state index < -0.39 is 0 Å². The SMILES string of the molecule is CCCCCCCCCCCCCN1C=CN(CCCCCCCCCCC)C1(Cc1ccccc1)C(CC)c1ccccc1. The van der Waals surface area contributed by atoms with Crippen LogP contribution >= 0.6 is 0 Å². The first-order chi connectivity index (χ1) is 22.3.